The number of likely N-dealkylation sites (tertiary alicyclic amines) is 1. The van der Waals surface area contributed by atoms with E-state index in [1.54, 1.807) is 0 Å². The van der Waals surface area contributed by atoms with Crippen molar-refractivity contribution in [3.05, 3.63) is 29.3 Å². The highest BCUT2D eigenvalue weighted by Crippen LogP contribution is 2.30. The van der Waals surface area contributed by atoms with Gasteiger partial charge in [0, 0.05) is 18.8 Å². The fourth-order valence-electron chi connectivity index (χ4n) is 2.66. The summed E-state index contributed by atoms with van der Waals surface area (Å²) in [6, 6.07) is 5.68. The molecule has 1 aliphatic heterocycles. The second-order valence-corrected chi connectivity index (χ2v) is 6.35. The van der Waals surface area contributed by atoms with E-state index in [2.05, 4.69) is 13.8 Å². The fourth-order valence-corrected chi connectivity index (χ4v) is 2.66. The molecule has 19 heavy (non-hydrogen) atoms. The first-order valence-electron chi connectivity index (χ1n) is 7.05. The molecule has 1 aromatic carbocycles. The van der Waals surface area contributed by atoms with Crippen LogP contribution < -0.4 is 5.73 Å². The van der Waals surface area contributed by atoms with Crippen molar-refractivity contribution in [2.75, 3.05) is 18.8 Å². The van der Waals surface area contributed by atoms with E-state index in [9.17, 15) is 4.79 Å². The van der Waals surface area contributed by atoms with E-state index in [4.69, 9.17) is 5.73 Å². The van der Waals surface area contributed by atoms with Crippen LogP contribution in [0.15, 0.2) is 18.2 Å². The first-order chi connectivity index (χ1) is 8.91. The van der Waals surface area contributed by atoms with Crippen molar-refractivity contribution in [1.29, 1.82) is 0 Å². The third kappa shape index (κ3) is 3.09. The quantitative estimate of drug-likeness (QED) is 0.788. The van der Waals surface area contributed by atoms with E-state index < -0.39 is 0 Å². The maximum Gasteiger partial charge on any atom is 0.255 e. The lowest BCUT2D eigenvalue weighted by atomic mass is 9.85. The Hall–Kier alpha value is -1.51. The summed E-state index contributed by atoms with van der Waals surface area (Å²) < 4.78 is 0. The van der Waals surface area contributed by atoms with Gasteiger partial charge in [-0.25, -0.2) is 0 Å². The Morgan fingerprint density at radius 3 is 2.74 bits per heavy atom. The minimum Gasteiger partial charge on any atom is -0.398 e. The molecule has 1 aliphatic rings. The van der Waals surface area contributed by atoms with Gasteiger partial charge in [-0.2, -0.15) is 0 Å². The van der Waals surface area contributed by atoms with Gasteiger partial charge in [0.1, 0.15) is 0 Å². The van der Waals surface area contributed by atoms with Crippen LogP contribution in [0, 0.1) is 12.3 Å². The number of para-hydroxylation sites is 1. The van der Waals surface area contributed by atoms with Crippen LogP contribution >= 0.6 is 0 Å². The normalized spacial score (nSPS) is 19.0. The minimum atomic E-state index is 0.0823. The van der Waals surface area contributed by atoms with Gasteiger partial charge in [-0.15, -0.1) is 0 Å². The van der Waals surface area contributed by atoms with Crippen LogP contribution in [0.2, 0.25) is 0 Å². The van der Waals surface area contributed by atoms with Gasteiger partial charge in [0.2, 0.25) is 0 Å². The third-order valence-corrected chi connectivity index (χ3v) is 4.18. The van der Waals surface area contributed by atoms with E-state index in [1.165, 1.54) is 6.42 Å². The molecule has 1 aromatic rings. The highest BCUT2D eigenvalue weighted by Gasteiger charge is 2.26. The van der Waals surface area contributed by atoms with Crippen LogP contribution in [-0.4, -0.2) is 23.9 Å². The molecular formula is C16H24N2O. The molecule has 1 heterocycles. The van der Waals surface area contributed by atoms with Gasteiger partial charge in [-0.1, -0.05) is 26.0 Å². The predicted molar refractivity (Wildman–Crippen MR) is 79.1 cm³/mol. The van der Waals surface area contributed by atoms with Crippen LogP contribution in [0.25, 0.3) is 0 Å². The number of carbonyl (C=O) groups is 1. The monoisotopic (exact) mass is 260 g/mol. The van der Waals surface area contributed by atoms with E-state index in [0.717, 1.165) is 31.5 Å². The molecule has 2 rings (SSSR count). The van der Waals surface area contributed by atoms with E-state index in [-0.39, 0.29) is 5.91 Å². The molecule has 0 unspecified atom stereocenters. The number of anilines is 1. The van der Waals surface area contributed by atoms with Gasteiger partial charge in [0.15, 0.2) is 0 Å². The Morgan fingerprint density at radius 1 is 1.26 bits per heavy atom. The number of nitrogens with zero attached hydrogens (tertiary/aromatic N) is 1. The van der Waals surface area contributed by atoms with Crippen LogP contribution in [0.5, 0.6) is 0 Å². The van der Waals surface area contributed by atoms with Crippen LogP contribution in [0.3, 0.4) is 0 Å². The third-order valence-electron chi connectivity index (χ3n) is 4.18. The van der Waals surface area contributed by atoms with Gasteiger partial charge in [-0.05, 0) is 43.2 Å². The lowest BCUT2D eigenvalue weighted by Crippen LogP contribution is -2.33. The molecule has 104 valence electrons. The summed E-state index contributed by atoms with van der Waals surface area (Å²) >= 11 is 0. The topological polar surface area (TPSA) is 46.3 Å². The Kier molecular flexibility index (Phi) is 3.83. The van der Waals surface area contributed by atoms with Gasteiger partial charge < -0.3 is 10.6 Å². The number of nitrogen functional groups attached to an aromatic ring is 1. The summed E-state index contributed by atoms with van der Waals surface area (Å²) in [6.07, 6.45) is 3.31. The fraction of sp³-hybridized carbons (Fsp3) is 0.562. The molecule has 1 saturated heterocycles. The van der Waals surface area contributed by atoms with Crippen molar-refractivity contribution >= 4 is 11.6 Å². The van der Waals surface area contributed by atoms with Crippen LogP contribution in [-0.2, 0) is 0 Å². The molecule has 0 radical (unpaired) electrons. The molecular weight excluding hydrogens is 236 g/mol. The van der Waals surface area contributed by atoms with Gasteiger partial charge in [-0.3, -0.25) is 4.79 Å². The Labute approximate surface area is 115 Å². The molecule has 3 nitrogen and oxygen atoms in total. The first kappa shape index (κ1) is 13.9. The highest BCUT2D eigenvalue weighted by molar-refractivity contribution is 5.99. The molecule has 0 aromatic heterocycles. The zero-order chi connectivity index (χ0) is 14.0. The standard InChI is InChI=1S/C16H24N2O/c1-12-6-4-7-13(14(12)17)15(19)18-10-5-8-16(2,3)9-11-18/h4,6-7H,5,8-11,17H2,1-3H3. The van der Waals surface area contributed by atoms with Crippen molar-refractivity contribution in [2.24, 2.45) is 5.41 Å². The number of rotatable bonds is 1. The Balaban J connectivity index is 2.18. The zero-order valence-corrected chi connectivity index (χ0v) is 12.2. The molecule has 1 amide bonds. The molecule has 2 N–H and O–H groups in total. The average molecular weight is 260 g/mol. The van der Waals surface area contributed by atoms with Crippen molar-refractivity contribution in [2.45, 2.75) is 40.0 Å². The number of nitrogens with two attached hydrogens (primary N) is 1. The van der Waals surface area contributed by atoms with Crippen LogP contribution in [0.4, 0.5) is 5.69 Å². The number of amides is 1. The molecule has 0 bridgehead atoms. The van der Waals surface area contributed by atoms with Crippen molar-refractivity contribution < 1.29 is 4.79 Å². The smallest absolute Gasteiger partial charge is 0.255 e. The average Bonchev–Trinajstić information content (AvgIpc) is 2.53. The molecule has 3 heteroatoms. The molecule has 0 spiro atoms. The summed E-state index contributed by atoms with van der Waals surface area (Å²) in [6.45, 7) is 8.18. The molecule has 1 fully saturated rings. The lowest BCUT2D eigenvalue weighted by molar-refractivity contribution is 0.0758. The number of carbonyl (C=O) groups excluding carboxylic acids is 1. The summed E-state index contributed by atoms with van der Waals surface area (Å²) in [5.41, 5.74) is 8.62. The van der Waals surface area contributed by atoms with E-state index in [0.29, 0.717) is 16.7 Å². The molecule has 0 saturated carbocycles. The van der Waals surface area contributed by atoms with E-state index in [1.807, 2.05) is 30.0 Å². The largest absolute Gasteiger partial charge is 0.398 e. The second kappa shape index (κ2) is 5.24. The Bertz CT molecular complexity index is 480. The number of hydrogen-bond acceptors (Lipinski definition) is 2. The van der Waals surface area contributed by atoms with Crippen molar-refractivity contribution in [3.8, 4) is 0 Å². The minimum absolute atomic E-state index is 0.0823. The SMILES string of the molecule is Cc1cccc(C(=O)N2CCCC(C)(C)CC2)c1N. The van der Waals surface area contributed by atoms with Crippen molar-refractivity contribution in [3.63, 3.8) is 0 Å². The number of aryl methyl sites for hydroxylation is 1. The lowest BCUT2D eigenvalue weighted by Gasteiger charge is -2.24. The van der Waals surface area contributed by atoms with E-state index >= 15 is 0 Å². The maximum atomic E-state index is 12.6. The number of benzene rings is 1. The highest BCUT2D eigenvalue weighted by atomic mass is 16.2. The molecule has 0 atom stereocenters. The summed E-state index contributed by atoms with van der Waals surface area (Å²) in [5.74, 6) is 0.0823. The van der Waals surface area contributed by atoms with Gasteiger partial charge in [0.05, 0.1) is 5.56 Å². The van der Waals surface area contributed by atoms with Gasteiger partial charge in [0.25, 0.3) is 5.91 Å². The predicted octanol–water partition coefficient (Wildman–Crippen LogP) is 3.23. The zero-order valence-electron chi connectivity index (χ0n) is 12.2. The number of hydrogen-bond donors (Lipinski definition) is 1. The van der Waals surface area contributed by atoms with Gasteiger partial charge >= 0.3 is 0 Å². The Morgan fingerprint density at radius 2 is 2.00 bits per heavy atom. The summed E-state index contributed by atoms with van der Waals surface area (Å²) in [7, 11) is 0. The second-order valence-electron chi connectivity index (χ2n) is 6.35. The first-order valence-corrected chi connectivity index (χ1v) is 7.05. The van der Waals surface area contributed by atoms with Crippen LogP contribution in [0.1, 0.15) is 49.0 Å². The van der Waals surface area contributed by atoms with Crippen molar-refractivity contribution in [1.82, 2.24) is 4.90 Å². The maximum absolute atomic E-state index is 12.6. The summed E-state index contributed by atoms with van der Waals surface area (Å²) in [4.78, 5) is 14.5. The molecule has 0 aliphatic carbocycles. The summed E-state index contributed by atoms with van der Waals surface area (Å²) in [5, 5.41) is 0.